The van der Waals surface area contributed by atoms with E-state index in [4.69, 9.17) is 15.2 Å². The Labute approximate surface area is 96.4 Å². The van der Waals surface area contributed by atoms with E-state index >= 15 is 0 Å². The highest BCUT2D eigenvalue weighted by Crippen LogP contribution is 2.55. The van der Waals surface area contributed by atoms with Gasteiger partial charge in [-0.25, -0.2) is 0 Å². The molecule has 4 unspecified atom stereocenters. The second kappa shape index (κ2) is 3.81. The van der Waals surface area contributed by atoms with Crippen molar-refractivity contribution in [3.8, 4) is 0 Å². The molecule has 3 N–H and O–H groups in total. The van der Waals surface area contributed by atoms with Gasteiger partial charge in [0.1, 0.15) is 0 Å². The van der Waals surface area contributed by atoms with E-state index in [1.54, 1.807) is 14.2 Å². The van der Waals surface area contributed by atoms with Crippen LogP contribution in [0.15, 0.2) is 12.2 Å². The molecule has 0 amide bonds. The summed E-state index contributed by atoms with van der Waals surface area (Å²) in [7, 11) is 3.34. The summed E-state index contributed by atoms with van der Waals surface area (Å²) in [5.74, 6) is 0.00877. The van der Waals surface area contributed by atoms with Crippen LogP contribution in [0, 0.1) is 17.8 Å². The Morgan fingerprint density at radius 2 is 2.06 bits per heavy atom. The zero-order chi connectivity index (χ0) is 12.0. The lowest BCUT2D eigenvalue weighted by molar-refractivity contribution is -0.233. The summed E-state index contributed by atoms with van der Waals surface area (Å²) < 4.78 is 11.2. The minimum absolute atomic E-state index is 0.0156. The van der Waals surface area contributed by atoms with Crippen LogP contribution in [-0.4, -0.2) is 37.3 Å². The third-order valence-corrected chi connectivity index (χ3v) is 4.30. The summed E-state index contributed by atoms with van der Waals surface area (Å²) in [6.45, 7) is 1.88. The number of fused-ring (bicyclic) bond motifs is 2. The number of nitrogens with two attached hydrogens (primary N) is 1. The molecule has 2 aliphatic carbocycles. The van der Waals surface area contributed by atoms with Gasteiger partial charge in [-0.1, -0.05) is 12.2 Å². The SMILES string of the molecule is COC1(OC)C2C=CC1C(C(C)(N)CO)C2. The first-order chi connectivity index (χ1) is 7.51. The zero-order valence-corrected chi connectivity index (χ0v) is 10.1. The molecule has 4 atom stereocenters. The number of rotatable bonds is 4. The van der Waals surface area contributed by atoms with Crippen LogP contribution in [0.5, 0.6) is 0 Å². The molecule has 0 heterocycles. The zero-order valence-electron chi connectivity index (χ0n) is 10.1. The van der Waals surface area contributed by atoms with Gasteiger partial charge < -0.3 is 20.3 Å². The molecule has 92 valence electrons. The van der Waals surface area contributed by atoms with Crippen LogP contribution in [0.4, 0.5) is 0 Å². The highest BCUT2D eigenvalue weighted by atomic mass is 16.7. The van der Waals surface area contributed by atoms with E-state index in [0.717, 1.165) is 6.42 Å². The Hall–Kier alpha value is -0.420. The summed E-state index contributed by atoms with van der Waals surface area (Å²) in [5, 5.41) is 9.37. The predicted molar refractivity (Wildman–Crippen MR) is 60.7 cm³/mol. The van der Waals surface area contributed by atoms with Crippen molar-refractivity contribution in [1.29, 1.82) is 0 Å². The number of methoxy groups -OCH3 is 2. The van der Waals surface area contributed by atoms with E-state index in [0.29, 0.717) is 0 Å². The van der Waals surface area contributed by atoms with Gasteiger partial charge in [-0.3, -0.25) is 0 Å². The maximum atomic E-state index is 9.37. The molecule has 0 radical (unpaired) electrons. The van der Waals surface area contributed by atoms with Crippen molar-refractivity contribution in [2.24, 2.45) is 23.5 Å². The van der Waals surface area contributed by atoms with Crippen LogP contribution in [-0.2, 0) is 9.47 Å². The Morgan fingerprint density at radius 3 is 2.50 bits per heavy atom. The molecule has 4 heteroatoms. The van der Waals surface area contributed by atoms with E-state index in [-0.39, 0.29) is 24.4 Å². The summed E-state index contributed by atoms with van der Waals surface area (Å²) >= 11 is 0. The molecular formula is C12H21NO3. The Bertz CT molecular complexity index is 297. The van der Waals surface area contributed by atoms with Gasteiger partial charge in [-0.2, -0.15) is 0 Å². The topological polar surface area (TPSA) is 64.7 Å². The summed E-state index contributed by atoms with van der Waals surface area (Å²) in [4.78, 5) is 0. The molecule has 1 fully saturated rings. The fourth-order valence-electron chi connectivity index (χ4n) is 3.30. The average Bonchev–Trinajstić information content (AvgIpc) is 2.81. The minimum Gasteiger partial charge on any atom is -0.394 e. The summed E-state index contributed by atoms with van der Waals surface area (Å²) in [6, 6.07) is 0. The van der Waals surface area contributed by atoms with Crippen LogP contribution >= 0.6 is 0 Å². The molecule has 1 saturated carbocycles. The highest BCUT2D eigenvalue weighted by Gasteiger charge is 2.60. The Morgan fingerprint density at radius 1 is 1.44 bits per heavy atom. The van der Waals surface area contributed by atoms with Crippen LogP contribution < -0.4 is 5.73 Å². The molecule has 2 rings (SSSR count). The molecule has 2 bridgehead atoms. The Balaban J connectivity index is 2.28. The highest BCUT2D eigenvalue weighted by molar-refractivity contribution is 5.22. The lowest BCUT2D eigenvalue weighted by Gasteiger charge is -2.37. The molecule has 0 aromatic rings. The number of hydrogen-bond acceptors (Lipinski definition) is 4. The number of aliphatic hydroxyl groups is 1. The standard InChI is InChI=1S/C12H21NO3/c1-11(13,7-14)10-6-8-4-5-9(10)12(8,15-2)16-3/h4-5,8-10,14H,6-7,13H2,1-3H3. The van der Waals surface area contributed by atoms with Crippen LogP contribution in [0.2, 0.25) is 0 Å². The van der Waals surface area contributed by atoms with Crippen LogP contribution in [0.25, 0.3) is 0 Å². The van der Waals surface area contributed by atoms with E-state index in [2.05, 4.69) is 12.2 Å². The van der Waals surface area contributed by atoms with Gasteiger partial charge >= 0.3 is 0 Å². The van der Waals surface area contributed by atoms with Crippen molar-refractivity contribution in [1.82, 2.24) is 0 Å². The third kappa shape index (κ3) is 1.37. The van der Waals surface area contributed by atoms with Gasteiger partial charge in [0.2, 0.25) is 0 Å². The molecule has 0 saturated heterocycles. The van der Waals surface area contributed by atoms with Crippen molar-refractivity contribution >= 4 is 0 Å². The molecule has 4 nitrogen and oxygen atoms in total. The molecule has 2 aliphatic rings. The van der Waals surface area contributed by atoms with E-state index in [1.165, 1.54) is 0 Å². The second-order valence-electron chi connectivity index (χ2n) is 5.15. The summed E-state index contributed by atoms with van der Waals surface area (Å²) in [5.41, 5.74) is 5.57. The van der Waals surface area contributed by atoms with Crippen LogP contribution in [0.3, 0.4) is 0 Å². The number of hydrogen-bond donors (Lipinski definition) is 2. The van der Waals surface area contributed by atoms with Crippen molar-refractivity contribution in [3.05, 3.63) is 12.2 Å². The van der Waals surface area contributed by atoms with Gasteiger partial charge in [-0.15, -0.1) is 0 Å². The first-order valence-corrected chi connectivity index (χ1v) is 5.70. The quantitative estimate of drug-likeness (QED) is 0.542. The smallest absolute Gasteiger partial charge is 0.180 e. The lowest BCUT2D eigenvalue weighted by atomic mass is 9.78. The first kappa shape index (κ1) is 12.0. The fraction of sp³-hybridized carbons (Fsp3) is 0.833. The van der Waals surface area contributed by atoms with Gasteiger partial charge in [-0.05, 0) is 19.3 Å². The van der Waals surface area contributed by atoms with E-state index in [9.17, 15) is 5.11 Å². The monoisotopic (exact) mass is 227 g/mol. The van der Waals surface area contributed by atoms with Crippen molar-refractivity contribution < 1.29 is 14.6 Å². The van der Waals surface area contributed by atoms with Crippen LogP contribution in [0.1, 0.15) is 13.3 Å². The largest absolute Gasteiger partial charge is 0.394 e. The van der Waals surface area contributed by atoms with Crippen molar-refractivity contribution in [3.63, 3.8) is 0 Å². The Kier molecular flexibility index (Phi) is 2.87. The number of ether oxygens (including phenoxy) is 2. The maximum absolute atomic E-state index is 9.37. The average molecular weight is 227 g/mol. The van der Waals surface area contributed by atoms with Crippen molar-refractivity contribution in [2.45, 2.75) is 24.7 Å². The number of aliphatic hydroxyl groups excluding tert-OH is 1. The lowest BCUT2D eigenvalue weighted by Crippen LogP contribution is -2.51. The van der Waals surface area contributed by atoms with Gasteiger partial charge in [0.05, 0.1) is 6.61 Å². The predicted octanol–water partition coefficient (Wildman–Crippen LogP) is 0.507. The van der Waals surface area contributed by atoms with Crippen molar-refractivity contribution in [2.75, 3.05) is 20.8 Å². The molecule has 0 aromatic heterocycles. The van der Waals surface area contributed by atoms with E-state index < -0.39 is 11.3 Å². The molecule has 0 spiro atoms. The van der Waals surface area contributed by atoms with Gasteiger partial charge in [0.25, 0.3) is 0 Å². The third-order valence-electron chi connectivity index (χ3n) is 4.30. The van der Waals surface area contributed by atoms with Gasteiger partial charge in [0, 0.05) is 31.6 Å². The fourth-order valence-corrected chi connectivity index (χ4v) is 3.30. The molecule has 16 heavy (non-hydrogen) atoms. The summed E-state index contributed by atoms with van der Waals surface area (Å²) in [6.07, 6.45) is 5.17. The molecule has 0 aromatic carbocycles. The normalized spacial score (nSPS) is 38.9. The van der Waals surface area contributed by atoms with Gasteiger partial charge in [0.15, 0.2) is 5.79 Å². The maximum Gasteiger partial charge on any atom is 0.180 e. The first-order valence-electron chi connectivity index (χ1n) is 5.70. The molecular weight excluding hydrogens is 206 g/mol. The molecule has 0 aliphatic heterocycles. The minimum atomic E-state index is -0.577. The van der Waals surface area contributed by atoms with E-state index in [1.807, 2.05) is 6.92 Å². The second-order valence-corrected chi connectivity index (χ2v) is 5.15.